The lowest BCUT2D eigenvalue weighted by Gasteiger charge is -2.11. The Balaban J connectivity index is 2.05. The average Bonchev–Trinajstić information content (AvgIpc) is 2.84. The maximum absolute atomic E-state index is 4.24. The Morgan fingerprint density at radius 2 is 2.12 bits per heavy atom. The van der Waals surface area contributed by atoms with Crippen molar-refractivity contribution in [2.24, 2.45) is 0 Å². The van der Waals surface area contributed by atoms with E-state index < -0.39 is 0 Å². The van der Waals surface area contributed by atoms with Crippen LogP contribution < -0.4 is 5.32 Å². The van der Waals surface area contributed by atoms with Crippen molar-refractivity contribution in [2.45, 2.75) is 26.3 Å². The summed E-state index contributed by atoms with van der Waals surface area (Å²) < 4.78 is 1.94. The topological polar surface area (TPSA) is 29.9 Å². The first-order chi connectivity index (χ1) is 8.40. The molecule has 0 radical (unpaired) electrons. The van der Waals surface area contributed by atoms with Crippen molar-refractivity contribution >= 4 is 5.69 Å². The van der Waals surface area contributed by atoms with Gasteiger partial charge in [0.1, 0.15) is 0 Å². The van der Waals surface area contributed by atoms with Crippen LogP contribution in [0.5, 0.6) is 0 Å². The predicted octanol–water partition coefficient (Wildman–Crippen LogP) is 3.14. The van der Waals surface area contributed by atoms with Gasteiger partial charge in [0.25, 0.3) is 0 Å². The lowest BCUT2D eigenvalue weighted by molar-refractivity contribution is 0.687. The van der Waals surface area contributed by atoms with Gasteiger partial charge in [-0.25, -0.2) is 0 Å². The number of nitrogens with one attached hydrogen (secondary N) is 1. The first-order valence-electron chi connectivity index (χ1n) is 6.19. The van der Waals surface area contributed by atoms with Gasteiger partial charge in [-0.2, -0.15) is 5.10 Å². The molecule has 0 bridgehead atoms. The third-order valence-electron chi connectivity index (χ3n) is 2.75. The monoisotopic (exact) mass is 229 g/mol. The number of hydrogen-bond acceptors (Lipinski definition) is 2. The molecule has 0 atom stereocenters. The van der Waals surface area contributed by atoms with E-state index in [-0.39, 0.29) is 0 Å². The van der Waals surface area contributed by atoms with Crippen molar-refractivity contribution in [1.29, 1.82) is 0 Å². The Morgan fingerprint density at radius 3 is 2.88 bits per heavy atom. The molecule has 0 unspecified atom stereocenters. The van der Waals surface area contributed by atoms with Crippen molar-refractivity contribution in [3.05, 3.63) is 48.3 Å². The minimum atomic E-state index is 0.822. The van der Waals surface area contributed by atoms with Crippen LogP contribution in [-0.2, 0) is 6.54 Å². The van der Waals surface area contributed by atoms with E-state index in [0.717, 1.165) is 13.1 Å². The second-order valence-electron chi connectivity index (χ2n) is 4.14. The van der Waals surface area contributed by atoms with Gasteiger partial charge in [0.15, 0.2) is 0 Å². The molecule has 0 spiro atoms. The van der Waals surface area contributed by atoms with E-state index in [1.54, 1.807) is 0 Å². The van der Waals surface area contributed by atoms with Crippen molar-refractivity contribution in [3.63, 3.8) is 0 Å². The molecule has 0 aliphatic carbocycles. The van der Waals surface area contributed by atoms with Gasteiger partial charge >= 0.3 is 0 Å². The number of aromatic nitrogens is 2. The van der Waals surface area contributed by atoms with Gasteiger partial charge < -0.3 is 5.32 Å². The van der Waals surface area contributed by atoms with Crippen LogP contribution >= 0.6 is 0 Å². The third kappa shape index (κ3) is 3.34. The molecule has 0 aliphatic heterocycles. The third-order valence-corrected chi connectivity index (χ3v) is 2.75. The van der Waals surface area contributed by atoms with Crippen LogP contribution in [0.1, 0.15) is 25.3 Å². The molecule has 1 aromatic carbocycles. The van der Waals surface area contributed by atoms with Crippen LogP contribution in [0.15, 0.2) is 42.7 Å². The molecule has 2 aromatic rings. The zero-order chi connectivity index (χ0) is 11.9. The standard InChI is InChI=1S/C14H19N3/c1-2-3-9-15-14-8-5-4-7-13(14)12-17-11-6-10-16-17/h4-8,10-11,15H,2-3,9,12H2,1H3. The largest absolute Gasteiger partial charge is 0.385 e. The van der Waals surface area contributed by atoms with Crippen LogP contribution in [0.2, 0.25) is 0 Å². The van der Waals surface area contributed by atoms with E-state index in [4.69, 9.17) is 0 Å². The summed E-state index contributed by atoms with van der Waals surface area (Å²) in [5.41, 5.74) is 2.50. The Morgan fingerprint density at radius 1 is 1.24 bits per heavy atom. The number of para-hydroxylation sites is 1. The van der Waals surface area contributed by atoms with Crippen LogP contribution in [-0.4, -0.2) is 16.3 Å². The molecule has 1 aromatic heterocycles. The first-order valence-corrected chi connectivity index (χ1v) is 6.19. The van der Waals surface area contributed by atoms with Gasteiger partial charge in [-0.05, 0) is 24.1 Å². The van der Waals surface area contributed by atoms with Gasteiger partial charge in [-0.1, -0.05) is 31.5 Å². The molecule has 2 rings (SSSR count). The summed E-state index contributed by atoms with van der Waals surface area (Å²) in [6.07, 6.45) is 6.22. The van der Waals surface area contributed by atoms with E-state index in [1.165, 1.54) is 24.1 Å². The highest BCUT2D eigenvalue weighted by molar-refractivity contribution is 5.51. The zero-order valence-corrected chi connectivity index (χ0v) is 10.3. The number of unbranched alkanes of at least 4 members (excludes halogenated alkanes) is 1. The fourth-order valence-electron chi connectivity index (χ4n) is 1.80. The number of rotatable bonds is 6. The second kappa shape index (κ2) is 6.09. The number of benzene rings is 1. The molecule has 0 saturated heterocycles. The zero-order valence-electron chi connectivity index (χ0n) is 10.3. The maximum atomic E-state index is 4.24. The summed E-state index contributed by atoms with van der Waals surface area (Å²) in [7, 11) is 0. The minimum absolute atomic E-state index is 0.822. The molecular formula is C14H19N3. The van der Waals surface area contributed by atoms with Crippen molar-refractivity contribution < 1.29 is 0 Å². The molecular weight excluding hydrogens is 210 g/mol. The Kier molecular flexibility index (Phi) is 4.19. The van der Waals surface area contributed by atoms with Crippen LogP contribution in [0.3, 0.4) is 0 Å². The highest BCUT2D eigenvalue weighted by atomic mass is 15.3. The summed E-state index contributed by atoms with van der Waals surface area (Å²) in [5, 5.41) is 7.72. The predicted molar refractivity (Wildman–Crippen MR) is 71.2 cm³/mol. The Hall–Kier alpha value is -1.77. The molecule has 1 heterocycles. The summed E-state index contributed by atoms with van der Waals surface area (Å²) in [6, 6.07) is 10.4. The van der Waals surface area contributed by atoms with E-state index in [2.05, 4.69) is 41.6 Å². The van der Waals surface area contributed by atoms with E-state index in [1.807, 2.05) is 23.1 Å². The van der Waals surface area contributed by atoms with Crippen LogP contribution in [0.4, 0.5) is 5.69 Å². The van der Waals surface area contributed by atoms with Crippen molar-refractivity contribution in [3.8, 4) is 0 Å². The highest BCUT2D eigenvalue weighted by Gasteiger charge is 2.01. The van der Waals surface area contributed by atoms with Gasteiger partial charge in [0, 0.05) is 24.6 Å². The lowest BCUT2D eigenvalue weighted by Crippen LogP contribution is -2.07. The molecule has 0 amide bonds. The van der Waals surface area contributed by atoms with Gasteiger partial charge in [0.05, 0.1) is 6.54 Å². The molecule has 3 nitrogen and oxygen atoms in total. The smallest absolute Gasteiger partial charge is 0.0679 e. The number of nitrogens with zero attached hydrogens (tertiary/aromatic N) is 2. The second-order valence-corrected chi connectivity index (χ2v) is 4.14. The summed E-state index contributed by atoms with van der Waals surface area (Å²) in [5.74, 6) is 0. The Bertz CT molecular complexity index is 434. The fraction of sp³-hybridized carbons (Fsp3) is 0.357. The maximum Gasteiger partial charge on any atom is 0.0679 e. The molecule has 0 saturated carbocycles. The van der Waals surface area contributed by atoms with Crippen molar-refractivity contribution in [2.75, 3.05) is 11.9 Å². The molecule has 90 valence electrons. The highest BCUT2D eigenvalue weighted by Crippen LogP contribution is 2.16. The quantitative estimate of drug-likeness (QED) is 0.771. The van der Waals surface area contributed by atoms with Gasteiger partial charge in [0.2, 0.25) is 0 Å². The van der Waals surface area contributed by atoms with E-state index in [9.17, 15) is 0 Å². The molecule has 3 heteroatoms. The summed E-state index contributed by atoms with van der Waals surface area (Å²) >= 11 is 0. The molecule has 0 fully saturated rings. The van der Waals surface area contributed by atoms with E-state index >= 15 is 0 Å². The lowest BCUT2D eigenvalue weighted by atomic mass is 10.1. The molecule has 0 aliphatic rings. The van der Waals surface area contributed by atoms with Gasteiger partial charge in [-0.15, -0.1) is 0 Å². The van der Waals surface area contributed by atoms with Crippen LogP contribution in [0.25, 0.3) is 0 Å². The van der Waals surface area contributed by atoms with Crippen LogP contribution in [0, 0.1) is 0 Å². The van der Waals surface area contributed by atoms with Gasteiger partial charge in [-0.3, -0.25) is 4.68 Å². The molecule has 1 N–H and O–H groups in total. The fourth-order valence-corrected chi connectivity index (χ4v) is 1.80. The SMILES string of the molecule is CCCCNc1ccccc1Cn1cccn1. The summed E-state index contributed by atoms with van der Waals surface area (Å²) in [6.45, 7) is 4.06. The normalized spacial score (nSPS) is 10.4. The number of anilines is 1. The van der Waals surface area contributed by atoms with E-state index in [0.29, 0.717) is 0 Å². The first kappa shape index (κ1) is 11.7. The minimum Gasteiger partial charge on any atom is -0.385 e. The summed E-state index contributed by atoms with van der Waals surface area (Å²) in [4.78, 5) is 0. The average molecular weight is 229 g/mol. The van der Waals surface area contributed by atoms with Crippen molar-refractivity contribution in [1.82, 2.24) is 9.78 Å². The Labute approximate surface area is 102 Å². The number of hydrogen-bond donors (Lipinski definition) is 1. The molecule has 17 heavy (non-hydrogen) atoms.